The van der Waals surface area contributed by atoms with Crippen molar-refractivity contribution in [2.45, 2.75) is 26.2 Å². The van der Waals surface area contributed by atoms with Crippen LogP contribution in [0.5, 0.6) is 0 Å². The summed E-state index contributed by atoms with van der Waals surface area (Å²) in [6, 6.07) is 5.82. The molecule has 1 aromatic carbocycles. The minimum Gasteiger partial charge on any atom is -0.0843 e. The third kappa shape index (κ3) is 1.84. The third-order valence-corrected chi connectivity index (χ3v) is 3.24. The van der Waals surface area contributed by atoms with Crippen molar-refractivity contribution in [1.82, 2.24) is 0 Å². The number of rotatable bonds is 1. The zero-order valence-electron chi connectivity index (χ0n) is 7.77. The lowest BCUT2D eigenvalue weighted by molar-refractivity contribution is 0.622. The fourth-order valence-electron chi connectivity index (χ4n) is 1.81. The minimum absolute atomic E-state index is 0.439. The second kappa shape index (κ2) is 2.90. The number of hydrogen-bond donors (Lipinski definition) is 0. The van der Waals surface area contributed by atoms with Crippen molar-refractivity contribution in [3.63, 3.8) is 0 Å². The Balaban J connectivity index is 2.32. The van der Waals surface area contributed by atoms with Gasteiger partial charge in [-0.15, -0.1) is 0 Å². The largest absolute Gasteiger partial charge is 0.0843 e. The molecule has 0 nitrogen and oxygen atoms in total. The van der Waals surface area contributed by atoms with Crippen molar-refractivity contribution in [2.75, 3.05) is 0 Å². The average molecular weight is 215 g/mol. The highest BCUT2D eigenvalue weighted by atomic mass is 35.5. The van der Waals surface area contributed by atoms with E-state index in [1.54, 1.807) is 6.07 Å². The van der Waals surface area contributed by atoms with E-state index < -0.39 is 0 Å². The van der Waals surface area contributed by atoms with Crippen LogP contribution in [0.4, 0.5) is 0 Å². The lowest BCUT2D eigenvalue weighted by Crippen LogP contribution is -1.89. The molecule has 1 fully saturated rings. The maximum atomic E-state index is 5.93. The molecule has 0 radical (unpaired) electrons. The Hall–Kier alpha value is -0.200. The van der Waals surface area contributed by atoms with Gasteiger partial charge in [0.15, 0.2) is 0 Å². The van der Waals surface area contributed by atoms with Gasteiger partial charge in [0, 0.05) is 10.0 Å². The van der Waals surface area contributed by atoms with Gasteiger partial charge >= 0.3 is 0 Å². The molecule has 70 valence electrons. The smallest absolute Gasteiger partial charge is 0.0423 e. The summed E-state index contributed by atoms with van der Waals surface area (Å²) in [5.41, 5.74) is 1.72. The minimum atomic E-state index is 0.439. The third-order valence-electron chi connectivity index (χ3n) is 2.80. The zero-order chi connectivity index (χ0) is 9.64. The normalized spacial score (nSPS) is 24.5. The van der Waals surface area contributed by atoms with Gasteiger partial charge in [0.05, 0.1) is 0 Å². The van der Waals surface area contributed by atoms with Crippen LogP contribution >= 0.6 is 23.2 Å². The van der Waals surface area contributed by atoms with E-state index in [4.69, 9.17) is 23.2 Å². The van der Waals surface area contributed by atoms with Gasteiger partial charge in [-0.3, -0.25) is 0 Å². The molecule has 0 saturated heterocycles. The van der Waals surface area contributed by atoms with Crippen molar-refractivity contribution in [2.24, 2.45) is 5.41 Å². The molecule has 0 aliphatic heterocycles. The Morgan fingerprint density at radius 1 is 1.15 bits per heavy atom. The number of hydrogen-bond acceptors (Lipinski definition) is 0. The second-order valence-electron chi connectivity index (χ2n) is 4.45. The molecule has 1 atom stereocenters. The first-order chi connectivity index (χ1) is 5.99. The monoisotopic (exact) mass is 214 g/mol. The first-order valence-corrected chi connectivity index (χ1v) is 5.21. The quantitative estimate of drug-likeness (QED) is 0.646. The number of benzene rings is 1. The molecule has 1 aliphatic rings. The van der Waals surface area contributed by atoms with Crippen molar-refractivity contribution in [1.29, 1.82) is 0 Å². The molecule has 1 aromatic rings. The Kier molecular flexibility index (Phi) is 2.08. The molecule has 0 bridgehead atoms. The van der Waals surface area contributed by atoms with Gasteiger partial charge in [0.1, 0.15) is 0 Å². The van der Waals surface area contributed by atoms with E-state index in [1.165, 1.54) is 12.0 Å². The molecule has 0 amide bonds. The van der Waals surface area contributed by atoms with E-state index in [9.17, 15) is 0 Å². The van der Waals surface area contributed by atoms with Crippen LogP contribution in [0.25, 0.3) is 0 Å². The van der Waals surface area contributed by atoms with Crippen LogP contribution in [-0.4, -0.2) is 0 Å². The highest BCUT2D eigenvalue weighted by Crippen LogP contribution is 2.58. The maximum absolute atomic E-state index is 5.93. The first-order valence-electron chi connectivity index (χ1n) is 4.45. The molecule has 1 unspecified atom stereocenters. The van der Waals surface area contributed by atoms with Gasteiger partial charge in [0.25, 0.3) is 0 Å². The van der Waals surface area contributed by atoms with Crippen LogP contribution in [0.2, 0.25) is 10.0 Å². The summed E-state index contributed by atoms with van der Waals surface area (Å²) in [5, 5.41) is 1.48. The van der Waals surface area contributed by atoms with Gasteiger partial charge in [-0.1, -0.05) is 37.0 Å². The second-order valence-corrected chi connectivity index (χ2v) is 5.32. The first kappa shape index (κ1) is 9.36. The average Bonchev–Trinajstić information content (AvgIpc) is 2.57. The molecule has 2 heteroatoms. The van der Waals surface area contributed by atoms with Crippen LogP contribution in [0.15, 0.2) is 18.2 Å². The molecule has 0 spiro atoms. The maximum Gasteiger partial charge on any atom is 0.0423 e. The van der Waals surface area contributed by atoms with Gasteiger partial charge in [-0.05, 0) is 41.5 Å². The topological polar surface area (TPSA) is 0 Å². The predicted molar refractivity (Wildman–Crippen MR) is 57.6 cm³/mol. The molecule has 1 saturated carbocycles. The van der Waals surface area contributed by atoms with Gasteiger partial charge in [-0.2, -0.15) is 0 Å². The lowest BCUT2D eigenvalue weighted by Gasteiger charge is -2.04. The summed E-state index contributed by atoms with van der Waals surface area (Å²) in [7, 11) is 0. The van der Waals surface area contributed by atoms with Crippen molar-refractivity contribution in [3.05, 3.63) is 33.8 Å². The van der Waals surface area contributed by atoms with Gasteiger partial charge in [0.2, 0.25) is 0 Å². The van der Waals surface area contributed by atoms with Crippen LogP contribution in [0.3, 0.4) is 0 Å². The Morgan fingerprint density at radius 2 is 1.62 bits per heavy atom. The van der Waals surface area contributed by atoms with E-state index >= 15 is 0 Å². The summed E-state index contributed by atoms with van der Waals surface area (Å²) in [6.45, 7) is 4.54. The molecule has 0 heterocycles. The standard InChI is InChI=1S/C11H12Cl2/c1-11(2)6-10(11)7-3-8(12)5-9(13)4-7/h3-5,10H,6H2,1-2H3. The summed E-state index contributed by atoms with van der Waals surface area (Å²) < 4.78 is 0. The Labute approximate surface area is 88.9 Å². The predicted octanol–water partition coefficient (Wildman–Crippen LogP) is 4.51. The van der Waals surface area contributed by atoms with E-state index in [2.05, 4.69) is 13.8 Å². The molecule has 13 heavy (non-hydrogen) atoms. The van der Waals surface area contributed by atoms with Gasteiger partial charge in [-0.25, -0.2) is 0 Å². The van der Waals surface area contributed by atoms with Crippen LogP contribution < -0.4 is 0 Å². The van der Waals surface area contributed by atoms with Crippen LogP contribution in [0, 0.1) is 5.41 Å². The van der Waals surface area contributed by atoms with Crippen LogP contribution in [0.1, 0.15) is 31.7 Å². The Bertz CT molecular complexity index is 322. The molecular weight excluding hydrogens is 203 g/mol. The summed E-state index contributed by atoms with van der Waals surface area (Å²) in [4.78, 5) is 0. The van der Waals surface area contributed by atoms with E-state index in [-0.39, 0.29) is 0 Å². The molecule has 0 N–H and O–H groups in total. The Morgan fingerprint density at radius 3 is 2.00 bits per heavy atom. The molecule has 2 rings (SSSR count). The van der Waals surface area contributed by atoms with E-state index in [0.29, 0.717) is 11.3 Å². The summed E-state index contributed by atoms with van der Waals surface area (Å²) in [6.07, 6.45) is 1.24. The lowest BCUT2D eigenvalue weighted by atomic mass is 10.0. The summed E-state index contributed by atoms with van der Waals surface area (Å²) >= 11 is 11.9. The van der Waals surface area contributed by atoms with Gasteiger partial charge < -0.3 is 0 Å². The highest BCUT2D eigenvalue weighted by molar-refractivity contribution is 6.34. The van der Waals surface area contributed by atoms with Crippen molar-refractivity contribution in [3.8, 4) is 0 Å². The number of halogens is 2. The van der Waals surface area contributed by atoms with Crippen molar-refractivity contribution >= 4 is 23.2 Å². The van der Waals surface area contributed by atoms with Crippen LogP contribution in [-0.2, 0) is 0 Å². The SMILES string of the molecule is CC1(C)CC1c1cc(Cl)cc(Cl)c1. The molecule has 0 aromatic heterocycles. The van der Waals surface area contributed by atoms with E-state index in [1.807, 2.05) is 12.1 Å². The highest BCUT2D eigenvalue weighted by Gasteiger charge is 2.46. The molecular formula is C11H12Cl2. The fraction of sp³-hybridized carbons (Fsp3) is 0.455. The summed E-state index contributed by atoms with van der Waals surface area (Å²) in [5.74, 6) is 0.642. The van der Waals surface area contributed by atoms with Crippen molar-refractivity contribution < 1.29 is 0 Å². The fourth-order valence-corrected chi connectivity index (χ4v) is 2.36. The van der Waals surface area contributed by atoms with E-state index in [0.717, 1.165) is 10.0 Å². The molecule has 1 aliphatic carbocycles. The zero-order valence-corrected chi connectivity index (χ0v) is 9.28.